The number of methoxy groups -OCH3 is 1. The van der Waals surface area contributed by atoms with Crippen molar-refractivity contribution in [2.24, 2.45) is 0 Å². The first kappa shape index (κ1) is 23.4. The van der Waals surface area contributed by atoms with E-state index in [9.17, 15) is 4.79 Å². The van der Waals surface area contributed by atoms with Crippen LogP contribution < -0.4 is 10.1 Å². The van der Waals surface area contributed by atoms with Gasteiger partial charge in [0.05, 0.1) is 37.6 Å². The molecule has 0 bridgehead atoms. The Balaban J connectivity index is 1.46. The molecule has 2 aromatic rings. The number of halogens is 1. The molecule has 1 aliphatic heterocycles. The van der Waals surface area contributed by atoms with Gasteiger partial charge in [-0.2, -0.15) is 5.10 Å². The molecular weight excluding hydrogens is 420 g/mol. The summed E-state index contributed by atoms with van der Waals surface area (Å²) in [6.45, 7) is 9.73. The van der Waals surface area contributed by atoms with Gasteiger partial charge in [-0.05, 0) is 38.5 Å². The van der Waals surface area contributed by atoms with Crippen LogP contribution in [0.5, 0.6) is 5.75 Å². The van der Waals surface area contributed by atoms with E-state index in [0.29, 0.717) is 24.8 Å². The van der Waals surface area contributed by atoms with E-state index in [1.807, 2.05) is 37.6 Å². The number of nitrogens with one attached hydrogen (secondary N) is 1. The molecule has 0 fully saturated rings. The summed E-state index contributed by atoms with van der Waals surface area (Å²) in [5.74, 6) is 0.856. The van der Waals surface area contributed by atoms with Crippen molar-refractivity contribution in [2.75, 3.05) is 26.8 Å². The molecule has 1 aliphatic rings. The van der Waals surface area contributed by atoms with Gasteiger partial charge in [-0.1, -0.05) is 23.7 Å². The molecule has 31 heavy (non-hydrogen) atoms. The lowest BCUT2D eigenvalue weighted by Gasteiger charge is -2.27. The second kappa shape index (κ2) is 10.3. The third-order valence-electron chi connectivity index (χ3n) is 4.78. The molecule has 0 aliphatic carbocycles. The minimum absolute atomic E-state index is 0.299. The van der Waals surface area contributed by atoms with E-state index in [1.165, 1.54) is 5.56 Å². The van der Waals surface area contributed by atoms with Gasteiger partial charge in [0.1, 0.15) is 17.0 Å². The van der Waals surface area contributed by atoms with Crippen LogP contribution in [0.4, 0.5) is 4.79 Å². The Hall–Kier alpha value is -2.29. The summed E-state index contributed by atoms with van der Waals surface area (Å²) < 4.78 is 18.0. The first-order valence-electron chi connectivity index (χ1n) is 10.4. The van der Waals surface area contributed by atoms with Crippen LogP contribution in [0.2, 0.25) is 5.02 Å². The Labute approximate surface area is 188 Å². The van der Waals surface area contributed by atoms with Crippen molar-refractivity contribution >= 4 is 17.7 Å². The maximum atomic E-state index is 11.6. The van der Waals surface area contributed by atoms with Crippen LogP contribution in [0.25, 0.3) is 0 Å². The van der Waals surface area contributed by atoms with Gasteiger partial charge in [-0.3, -0.25) is 9.58 Å². The molecule has 1 aromatic heterocycles. The van der Waals surface area contributed by atoms with E-state index in [1.54, 1.807) is 7.11 Å². The summed E-state index contributed by atoms with van der Waals surface area (Å²) in [4.78, 5) is 14.0. The minimum atomic E-state index is -0.519. The third kappa shape index (κ3) is 6.85. The lowest BCUT2D eigenvalue weighted by molar-refractivity contribution is 0.0492. The second-order valence-corrected chi connectivity index (χ2v) is 8.85. The molecule has 0 saturated heterocycles. The van der Waals surface area contributed by atoms with Gasteiger partial charge in [-0.25, -0.2) is 4.79 Å². The fourth-order valence-electron chi connectivity index (χ4n) is 3.32. The van der Waals surface area contributed by atoms with E-state index >= 15 is 0 Å². The van der Waals surface area contributed by atoms with Crippen LogP contribution in [0.3, 0.4) is 0 Å². The van der Waals surface area contributed by atoms with Gasteiger partial charge in [0.2, 0.25) is 0 Å². The van der Waals surface area contributed by atoms with Gasteiger partial charge in [0.25, 0.3) is 0 Å². The summed E-state index contributed by atoms with van der Waals surface area (Å²) in [5, 5.41) is 7.92. The van der Waals surface area contributed by atoms with Crippen LogP contribution >= 0.6 is 11.6 Å². The van der Waals surface area contributed by atoms with Gasteiger partial charge in [0, 0.05) is 26.2 Å². The van der Waals surface area contributed by atoms with Crippen LogP contribution in [0, 0.1) is 0 Å². The maximum absolute atomic E-state index is 11.6. The van der Waals surface area contributed by atoms with Crippen molar-refractivity contribution in [3.63, 3.8) is 0 Å². The molecule has 2 heterocycles. The van der Waals surface area contributed by atoms with Gasteiger partial charge < -0.3 is 19.5 Å². The predicted octanol–water partition coefficient (Wildman–Crippen LogP) is 3.60. The summed E-state index contributed by atoms with van der Waals surface area (Å²) >= 11 is 6.59. The standard InChI is InChI=1S/C22H31ClN4O4/c1-22(2,3)31-21(28)24-9-12-30-15-18-20(23)19-14-26(10-11-27(19)25-18)13-16-5-7-17(29-4)8-6-16/h5-8H,9-15H2,1-4H3,(H,24,28). The predicted molar refractivity (Wildman–Crippen MR) is 118 cm³/mol. The number of alkyl carbamates (subject to hydrolysis) is 1. The zero-order valence-corrected chi connectivity index (χ0v) is 19.4. The van der Waals surface area contributed by atoms with Crippen molar-refractivity contribution in [3.05, 3.63) is 46.2 Å². The number of ether oxygens (including phenoxy) is 3. The molecule has 0 atom stereocenters. The number of hydrogen-bond acceptors (Lipinski definition) is 6. The highest BCUT2D eigenvalue weighted by molar-refractivity contribution is 6.31. The number of carbonyl (C=O) groups is 1. The highest BCUT2D eigenvalue weighted by Crippen LogP contribution is 2.26. The van der Waals surface area contributed by atoms with Crippen LogP contribution in [-0.4, -0.2) is 53.2 Å². The average Bonchev–Trinajstić information content (AvgIpc) is 3.02. The van der Waals surface area contributed by atoms with Crippen LogP contribution in [-0.2, 0) is 35.7 Å². The summed E-state index contributed by atoms with van der Waals surface area (Å²) in [6.07, 6.45) is -0.455. The molecule has 0 unspecified atom stereocenters. The SMILES string of the molecule is COc1ccc(CN2CCn3nc(COCCNC(=O)OC(C)(C)C)c(Cl)c3C2)cc1. The third-order valence-corrected chi connectivity index (χ3v) is 5.22. The molecule has 9 heteroatoms. The highest BCUT2D eigenvalue weighted by Gasteiger charge is 2.23. The monoisotopic (exact) mass is 450 g/mol. The maximum Gasteiger partial charge on any atom is 0.407 e. The van der Waals surface area contributed by atoms with E-state index < -0.39 is 11.7 Å². The first-order valence-corrected chi connectivity index (χ1v) is 10.8. The lowest BCUT2D eigenvalue weighted by atomic mass is 10.2. The number of benzene rings is 1. The highest BCUT2D eigenvalue weighted by atomic mass is 35.5. The number of carbonyl (C=O) groups excluding carboxylic acids is 1. The molecule has 0 saturated carbocycles. The van der Waals surface area contributed by atoms with E-state index in [0.717, 1.165) is 43.3 Å². The molecule has 3 rings (SSSR count). The summed E-state index contributed by atoms with van der Waals surface area (Å²) in [5.41, 5.74) is 2.44. The largest absolute Gasteiger partial charge is 0.497 e. The zero-order valence-electron chi connectivity index (χ0n) is 18.6. The Morgan fingerprint density at radius 2 is 1.97 bits per heavy atom. The minimum Gasteiger partial charge on any atom is -0.497 e. The molecule has 0 spiro atoms. The van der Waals surface area contributed by atoms with Crippen molar-refractivity contribution in [1.82, 2.24) is 20.0 Å². The molecule has 1 amide bonds. The quantitative estimate of drug-likeness (QED) is 0.619. The van der Waals surface area contributed by atoms with Crippen molar-refractivity contribution in [3.8, 4) is 5.75 Å². The fraction of sp³-hybridized carbons (Fsp3) is 0.545. The van der Waals surface area contributed by atoms with Crippen LogP contribution in [0.1, 0.15) is 37.7 Å². The Morgan fingerprint density at radius 3 is 2.65 bits per heavy atom. The van der Waals surface area contributed by atoms with Gasteiger partial charge in [0.15, 0.2) is 0 Å². The van der Waals surface area contributed by atoms with E-state index in [4.69, 9.17) is 25.8 Å². The zero-order chi connectivity index (χ0) is 22.4. The van der Waals surface area contributed by atoms with Gasteiger partial charge >= 0.3 is 6.09 Å². The van der Waals surface area contributed by atoms with Crippen molar-refractivity contribution in [1.29, 1.82) is 0 Å². The molecular formula is C22H31ClN4O4. The molecule has 1 N–H and O–H groups in total. The number of nitrogens with zero attached hydrogens (tertiary/aromatic N) is 3. The number of fused-ring (bicyclic) bond motifs is 1. The van der Waals surface area contributed by atoms with E-state index in [2.05, 4.69) is 27.4 Å². The Morgan fingerprint density at radius 1 is 1.23 bits per heavy atom. The molecule has 1 aromatic carbocycles. The second-order valence-electron chi connectivity index (χ2n) is 8.47. The Bertz CT molecular complexity index is 877. The molecule has 170 valence electrons. The summed E-state index contributed by atoms with van der Waals surface area (Å²) in [6, 6.07) is 8.11. The number of hydrogen-bond donors (Lipinski definition) is 1. The molecule has 8 nitrogen and oxygen atoms in total. The van der Waals surface area contributed by atoms with E-state index in [-0.39, 0.29) is 0 Å². The van der Waals surface area contributed by atoms with Gasteiger partial charge in [-0.15, -0.1) is 0 Å². The smallest absolute Gasteiger partial charge is 0.407 e. The van der Waals surface area contributed by atoms with Crippen LogP contribution in [0.15, 0.2) is 24.3 Å². The number of rotatable bonds is 8. The van der Waals surface area contributed by atoms with Crippen molar-refractivity contribution < 1.29 is 19.0 Å². The average molecular weight is 451 g/mol. The lowest BCUT2D eigenvalue weighted by Crippen LogP contribution is -2.34. The Kier molecular flexibility index (Phi) is 7.80. The van der Waals surface area contributed by atoms with Crippen molar-refractivity contribution in [2.45, 2.75) is 52.6 Å². The molecule has 0 radical (unpaired) electrons. The topological polar surface area (TPSA) is 77.9 Å². The number of aromatic nitrogens is 2. The first-order chi connectivity index (χ1) is 14.7. The normalized spacial score (nSPS) is 14.2. The summed E-state index contributed by atoms with van der Waals surface area (Å²) in [7, 11) is 1.67. The fourth-order valence-corrected chi connectivity index (χ4v) is 3.57. The number of amides is 1.